The second-order valence-corrected chi connectivity index (χ2v) is 6.99. The van der Waals surface area contributed by atoms with Gasteiger partial charge in [-0.25, -0.2) is 0 Å². The SMILES string of the molecule is COc1ccc(CN(C)C(=O)C2c3ccccc3Oc3ccccc32)cc1OC. The molecule has 4 rings (SSSR count). The van der Waals surface area contributed by atoms with Crippen molar-refractivity contribution in [2.24, 2.45) is 0 Å². The second-order valence-electron chi connectivity index (χ2n) is 6.99. The van der Waals surface area contributed by atoms with Gasteiger partial charge in [-0.15, -0.1) is 0 Å². The minimum atomic E-state index is -0.402. The Labute approximate surface area is 170 Å². The molecule has 148 valence electrons. The van der Waals surface area contributed by atoms with Crippen molar-refractivity contribution in [2.45, 2.75) is 12.5 Å². The number of methoxy groups -OCH3 is 2. The summed E-state index contributed by atoms with van der Waals surface area (Å²) in [4.78, 5) is 15.3. The van der Waals surface area contributed by atoms with E-state index in [-0.39, 0.29) is 5.91 Å². The normalized spacial score (nSPS) is 12.4. The molecule has 0 aromatic heterocycles. The Morgan fingerprint density at radius 1 is 0.897 bits per heavy atom. The second kappa shape index (κ2) is 7.87. The van der Waals surface area contributed by atoms with Crippen LogP contribution in [0.2, 0.25) is 0 Å². The van der Waals surface area contributed by atoms with Gasteiger partial charge in [-0.1, -0.05) is 42.5 Å². The number of likely N-dealkylation sites (N-methyl/N-ethyl adjacent to an activating group) is 1. The van der Waals surface area contributed by atoms with E-state index in [1.165, 1.54) is 0 Å². The molecule has 1 amide bonds. The van der Waals surface area contributed by atoms with Gasteiger partial charge in [0.05, 0.1) is 20.1 Å². The molecule has 0 atom stereocenters. The lowest BCUT2D eigenvalue weighted by molar-refractivity contribution is -0.131. The molecular weight excluding hydrogens is 366 g/mol. The number of hydrogen-bond acceptors (Lipinski definition) is 4. The smallest absolute Gasteiger partial charge is 0.234 e. The van der Waals surface area contributed by atoms with Crippen molar-refractivity contribution in [2.75, 3.05) is 21.3 Å². The monoisotopic (exact) mass is 389 g/mol. The number of para-hydroxylation sites is 2. The number of ether oxygens (including phenoxy) is 3. The molecule has 1 aliphatic heterocycles. The fourth-order valence-corrected chi connectivity index (χ4v) is 3.73. The van der Waals surface area contributed by atoms with Crippen LogP contribution < -0.4 is 14.2 Å². The number of carbonyl (C=O) groups is 1. The van der Waals surface area contributed by atoms with Gasteiger partial charge in [0.1, 0.15) is 11.5 Å². The summed E-state index contributed by atoms with van der Waals surface area (Å²) in [6.45, 7) is 0.459. The van der Waals surface area contributed by atoms with Crippen LogP contribution in [0.5, 0.6) is 23.0 Å². The van der Waals surface area contributed by atoms with E-state index in [1.54, 1.807) is 19.1 Å². The molecule has 0 N–H and O–H groups in total. The third kappa shape index (κ3) is 3.51. The van der Waals surface area contributed by atoms with Gasteiger partial charge < -0.3 is 19.1 Å². The van der Waals surface area contributed by atoms with Crippen LogP contribution in [-0.2, 0) is 11.3 Å². The number of benzene rings is 3. The molecule has 1 heterocycles. The fraction of sp³-hybridized carbons (Fsp3) is 0.208. The van der Waals surface area contributed by atoms with Crippen LogP contribution >= 0.6 is 0 Å². The summed E-state index contributed by atoms with van der Waals surface area (Å²) in [6, 6.07) is 21.1. The quantitative estimate of drug-likeness (QED) is 0.640. The van der Waals surface area contributed by atoms with Crippen molar-refractivity contribution in [1.29, 1.82) is 0 Å². The lowest BCUT2D eigenvalue weighted by Crippen LogP contribution is -2.33. The molecule has 0 saturated carbocycles. The lowest BCUT2D eigenvalue weighted by Gasteiger charge is -2.30. The summed E-state index contributed by atoms with van der Waals surface area (Å²) in [5.74, 6) is 2.38. The molecule has 0 unspecified atom stereocenters. The van der Waals surface area contributed by atoms with Crippen LogP contribution in [0.3, 0.4) is 0 Å². The van der Waals surface area contributed by atoms with Crippen LogP contribution in [0.25, 0.3) is 0 Å². The highest BCUT2D eigenvalue weighted by Gasteiger charge is 2.34. The molecule has 3 aromatic carbocycles. The summed E-state index contributed by atoms with van der Waals surface area (Å²) in [5.41, 5.74) is 2.73. The Kier molecular flexibility index (Phi) is 5.12. The van der Waals surface area contributed by atoms with Gasteiger partial charge in [-0.05, 0) is 29.8 Å². The van der Waals surface area contributed by atoms with Gasteiger partial charge in [0.25, 0.3) is 0 Å². The highest BCUT2D eigenvalue weighted by molar-refractivity contribution is 5.89. The number of carbonyl (C=O) groups excluding carboxylic acids is 1. The van der Waals surface area contributed by atoms with Crippen molar-refractivity contribution < 1.29 is 19.0 Å². The third-order valence-corrected chi connectivity index (χ3v) is 5.17. The zero-order valence-electron chi connectivity index (χ0n) is 16.7. The van der Waals surface area contributed by atoms with E-state index >= 15 is 0 Å². The standard InChI is InChI=1S/C24H23NO4/c1-25(15-16-12-13-21(27-2)22(14-16)28-3)24(26)23-17-8-4-6-10-19(17)29-20-11-7-5-9-18(20)23/h4-14,23H,15H2,1-3H3. The van der Waals surface area contributed by atoms with Crippen molar-refractivity contribution in [3.63, 3.8) is 0 Å². The zero-order chi connectivity index (χ0) is 20.4. The summed E-state index contributed by atoms with van der Waals surface area (Å²) >= 11 is 0. The van der Waals surface area contributed by atoms with Gasteiger partial charge in [0.15, 0.2) is 11.5 Å². The minimum absolute atomic E-state index is 0.0167. The average Bonchev–Trinajstić information content (AvgIpc) is 2.76. The Bertz CT molecular complexity index is 1000. The van der Waals surface area contributed by atoms with Gasteiger partial charge in [-0.2, -0.15) is 0 Å². The van der Waals surface area contributed by atoms with Crippen molar-refractivity contribution in [3.8, 4) is 23.0 Å². The molecule has 0 radical (unpaired) electrons. The number of rotatable bonds is 5. The number of hydrogen-bond donors (Lipinski definition) is 0. The van der Waals surface area contributed by atoms with Gasteiger partial charge in [-0.3, -0.25) is 4.79 Å². The summed E-state index contributed by atoms with van der Waals surface area (Å²) < 4.78 is 16.7. The predicted molar refractivity (Wildman–Crippen MR) is 111 cm³/mol. The number of nitrogens with zero attached hydrogens (tertiary/aromatic N) is 1. The maximum atomic E-state index is 13.5. The Morgan fingerprint density at radius 2 is 1.48 bits per heavy atom. The van der Waals surface area contributed by atoms with E-state index in [2.05, 4.69) is 0 Å². The van der Waals surface area contributed by atoms with Gasteiger partial charge in [0.2, 0.25) is 5.91 Å². The van der Waals surface area contributed by atoms with Crippen LogP contribution in [0.4, 0.5) is 0 Å². The molecule has 3 aromatic rings. The maximum Gasteiger partial charge on any atom is 0.234 e. The van der Waals surface area contributed by atoms with E-state index < -0.39 is 5.92 Å². The van der Waals surface area contributed by atoms with Gasteiger partial charge in [0, 0.05) is 24.7 Å². The maximum absolute atomic E-state index is 13.5. The molecule has 0 spiro atoms. The number of amides is 1. The average molecular weight is 389 g/mol. The lowest BCUT2D eigenvalue weighted by atomic mass is 9.87. The van der Waals surface area contributed by atoms with E-state index in [9.17, 15) is 4.79 Å². The summed E-state index contributed by atoms with van der Waals surface area (Å²) in [5, 5.41) is 0. The highest BCUT2D eigenvalue weighted by Crippen LogP contribution is 2.44. The summed E-state index contributed by atoms with van der Waals surface area (Å²) in [7, 11) is 5.03. The van der Waals surface area contributed by atoms with E-state index in [4.69, 9.17) is 14.2 Å². The first-order chi connectivity index (χ1) is 14.1. The molecule has 0 saturated heterocycles. The minimum Gasteiger partial charge on any atom is -0.493 e. The number of fused-ring (bicyclic) bond motifs is 2. The summed E-state index contributed by atoms with van der Waals surface area (Å²) in [6.07, 6.45) is 0. The first kappa shape index (κ1) is 18.9. The molecule has 0 fully saturated rings. The van der Waals surface area contributed by atoms with Crippen molar-refractivity contribution in [3.05, 3.63) is 83.4 Å². The molecule has 0 bridgehead atoms. The molecule has 0 aliphatic carbocycles. The first-order valence-electron chi connectivity index (χ1n) is 9.44. The van der Waals surface area contributed by atoms with E-state index in [0.29, 0.717) is 18.0 Å². The topological polar surface area (TPSA) is 48.0 Å². The molecule has 1 aliphatic rings. The van der Waals surface area contributed by atoms with Gasteiger partial charge >= 0.3 is 0 Å². The third-order valence-electron chi connectivity index (χ3n) is 5.17. The van der Waals surface area contributed by atoms with Crippen LogP contribution in [0.1, 0.15) is 22.6 Å². The van der Waals surface area contributed by atoms with Crippen molar-refractivity contribution in [1.82, 2.24) is 4.90 Å². The van der Waals surface area contributed by atoms with E-state index in [1.807, 2.05) is 73.8 Å². The first-order valence-corrected chi connectivity index (χ1v) is 9.44. The van der Waals surface area contributed by atoms with Crippen LogP contribution in [-0.4, -0.2) is 32.1 Å². The largest absolute Gasteiger partial charge is 0.493 e. The van der Waals surface area contributed by atoms with E-state index in [0.717, 1.165) is 28.2 Å². The van der Waals surface area contributed by atoms with Crippen LogP contribution in [0, 0.1) is 0 Å². The molecular formula is C24H23NO4. The Morgan fingerprint density at radius 3 is 2.07 bits per heavy atom. The molecule has 5 heteroatoms. The highest BCUT2D eigenvalue weighted by atomic mass is 16.5. The fourth-order valence-electron chi connectivity index (χ4n) is 3.73. The Balaban J connectivity index is 1.64. The van der Waals surface area contributed by atoms with Crippen LogP contribution in [0.15, 0.2) is 66.7 Å². The molecule has 29 heavy (non-hydrogen) atoms. The molecule has 5 nitrogen and oxygen atoms in total. The Hall–Kier alpha value is -3.47. The predicted octanol–water partition coefficient (Wildman–Crippen LogP) is 4.60. The van der Waals surface area contributed by atoms with Crippen molar-refractivity contribution >= 4 is 5.91 Å². The zero-order valence-corrected chi connectivity index (χ0v) is 16.7.